The van der Waals surface area contributed by atoms with E-state index >= 15 is 0 Å². The van der Waals surface area contributed by atoms with Crippen LogP contribution in [0.1, 0.15) is 27.2 Å². The Balaban J connectivity index is 1.91. The fraction of sp³-hybridized carbons (Fsp3) is 0.562. The molecular formula is C16H24N4O3S. The molecule has 1 amide bonds. The molecule has 0 aliphatic heterocycles. The topological polar surface area (TPSA) is 82.2 Å². The Hall–Kier alpha value is -1.80. The van der Waals surface area contributed by atoms with Gasteiger partial charge >= 0.3 is 0 Å². The van der Waals surface area contributed by atoms with Crippen LogP contribution in [0.25, 0.3) is 11.6 Å². The van der Waals surface area contributed by atoms with Gasteiger partial charge in [-0.05, 0) is 39.3 Å². The maximum atomic E-state index is 12.2. The van der Waals surface area contributed by atoms with Crippen molar-refractivity contribution in [2.75, 3.05) is 19.8 Å². The minimum atomic E-state index is -0.254. The van der Waals surface area contributed by atoms with Crippen molar-refractivity contribution < 1.29 is 13.9 Å². The molecule has 0 saturated carbocycles. The quantitative estimate of drug-likeness (QED) is 0.523. The zero-order valence-electron chi connectivity index (χ0n) is 14.3. The average Bonchev–Trinajstić information content (AvgIpc) is 3.23. The first-order chi connectivity index (χ1) is 11.7. The summed E-state index contributed by atoms with van der Waals surface area (Å²) in [4.78, 5) is 12.2. The van der Waals surface area contributed by atoms with Gasteiger partial charge in [0, 0.05) is 26.3 Å². The number of amides is 1. The summed E-state index contributed by atoms with van der Waals surface area (Å²) in [5.41, 5.74) is 0. The molecule has 7 nitrogen and oxygen atoms in total. The number of rotatable bonds is 10. The van der Waals surface area contributed by atoms with Gasteiger partial charge in [0.25, 0.3) is 0 Å². The van der Waals surface area contributed by atoms with Crippen LogP contribution in [-0.2, 0) is 16.1 Å². The Kier molecular flexibility index (Phi) is 7.33. The molecule has 0 aromatic carbocycles. The summed E-state index contributed by atoms with van der Waals surface area (Å²) in [6.45, 7) is 8.51. The van der Waals surface area contributed by atoms with Crippen LogP contribution in [-0.4, -0.2) is 45.7 Å². The van der Waals surface area contributed by atoms with Gasteiger partial charge in [0.1, 0.15) is 0 Å². The second kappa shape index (κ2) is 9.48. The molecule has 1 atom stereocenters. The molecule has 2 heterocycles. The van der Waals surface area contributed by atoms with Crippen LogP contribution in [0.15, 0.2) is 28.0 Å². The largest absolute Gasteiger partial charge is 0.461 e. The Labute approximate surface area is 146 Å². The van der Waals surface area contributed by atoms with E-state index in [1.807, 2.05) is 37.5 Å². The highest BCUT2D eigenvalue weighted by molar-refractivity contribution is 8.00. The van der Waals surface area contributed by atoms with E-state index in [0.717, 1.165) is 6.42 Å². The van der Waals surface area contributed by atoms with Gasteiger partial charge in [-0.2, -0.15) is 0 Å². The maximum Gasteiger partial charge on any atom is 0.233 e. The van der Waals surface area contributed by atoms with Crippen molar-refractivity contribution in [1.82, 2.24) is 20.1 Å². The predicted octanol–water partition coefficient (Wildman–Crippen LogP) is 2.58. The van der Waals surface area contributed by atoms with Crippen LogP contribution >= 0.6 is 11.8 Å². The molecule has 2 rings (SSSR count). The number of hydrogen-bond acceptors (Lipinski definition) is 6. The Bertz CT molecular complexity index is 627. The third-order valence-electron chi connectivity index (χ3n) is 3.39. The SMILES string of the molecule is CCOCCCNC(=O)C(C)Sc1nnc(-c2ccco2)n1CC. The van der Waals surface area contributed by atoms with E-state index in [1.54, 1.807) is 6.26 Å². The van der Waals surface area contributed by atoms with E-state index in [1.165, 1.54) is 11.8 Å². The minimum Gasteiger partial charge on any atom is -0.461 e. The molecule has 8 heteroatoms. The van der Waals surface area contributed by atoms with Crippen molar-refractivity contribution in [3.63, 3.8) is 0 Å². The van der Waals surface area contributed by atoms with Gasteiger partial charge in [0.2, 0.25) is 5.91 Å². The first-order valence-corrected chi connectivity index (χ1v) is 9.04. The highest BCUT2D eigenvalue weighted by Crippen LogP contribution is 2.26. The normalized spacial score (nSPS) is 12.3. The highest BCUT2D eigenvalue weighted by atomic mass is 32.2. The van der Waals surface area contributed by atoms with Crippen molar-refractivity contribution in [3.05, 3.63) is 18.4 Å². The Morgan fingerprint density at radius 2 is 2.29 bits per heavy atom. The molecule has 0 spiro atoms. The first kappa shape index (κ1) is 18.5. The van der Waals surface area contributed by atoms with Gasteiger partial charge in [0.15, 0.2) is 16.7 Å². The summed E-state index contributed by atoms with van der Waals surface area (Å²) in [5, 5.41) is 11.8. The lowest BCUT2D eigenvalue weighted by Crippen LogP contribution is -2.32. The first-order valence-electron chi connectivity index (χ1n) is 8.16. The fourth-order valence-electron chi connectivity index (χ4n) is 2.13. The summed E-state index contributed by atoms with van der Waals surface area (Å²) in [6.07, 6.45) is 2.42. The van der Waals surface area contributed by atoms with E-state index in [9.17, 15) is 4.79 Å². The van der Waals surface area contributed by atoms with Gasteiger partial charge in [-0.1, -0.05) is 11.8 Å². The smallest absolute Gasteiger partial charge is 0.233 e. The van der Waals surface area contributed by atoms with Crippen molar-refractivity contribution in [1.29, 1.82) is 0 Å². The van der Waals surface area contributed by atoms with E-state index in [4.69, 9.17) is 9.15 Å². The van der Waals surface area contributed by atoms with Crippen molar-refractivity contribution >= 4 is 17.7 Å². The number of thioether (sulfide) groups is 1. The molecule has 24 heavy (non-hydrogen) atoms. The van der Waals surface area contributed by atoms with Crippen molar-refractivity contribution in [2.24, 2.45) is 0 Å². The summed E-state index contributed by atoms with van der Waals surface area (Å²) >= 11 is 1.39. The molecule has 0 bridgehead atoms. The lowest BCUT2D eigenvalue weighted by atomic mass is 10.4. The van der Waals surface area contributed by atoms with Crippen LogP contribution in [0, 0.1) is 0 Å². The molecule has 1 unspecified atom stereocenters. The highest BCUT2D eigenvalue weighted by Gasteiger charge is 2.20. The average molecular weight is 352 g/mol. The molecule has 2 aromatic rings. The zero-order valence-corrected chi connectivity index (χ0v) is 15.1. The lowest BCUT2D eigenvalue weighted by Gasteiger charge is -2.12. The number of ether oxygens (including phenoxy) is 1. The van der Waals surface area contributed by atoms with Crippen molar-refractivity contribution in [3.8, 4) is 11.6 Å². The standard InChI is InChI=1S/C16H24N4O3S/c1-4-20-14(13-8-6-11-23-13)18-19-16(20)24-12(3)15(21)17-9-7-10-22-5-2/h6,8,11-12H,4-5,7,9-10H2,1-3H3,(H,17,21). The lowest BCUT2D eigenvalue weighted by molar-refractivity contribution is -0.120. The third-order valence-corrected chi connectivity index (χ3v) is 4.48. The third kappa shape index (κ3) is 4.85. The van der Waals surface area contributed by atoms with E-state index in [0.29, 0.717) is 43.0 Å². The Morgan fingerprint density at radius 3 is 2.96 bits per heavy atom. The maximum absolute atomic E-state index is 12.2. The van der Waals surface area contributed by atoms with E-state index in [-0.39, 0.29) is 11.2 Å². The van der Waals surface area contributed by atoms with Crippen LogP contribution in [0.3, 0.4) is 0 Å². The second-order valence-corrected chi connectivity index (χ2v) is 6.44. The molecular weight excluding hydrogens is 328 g/mol. The van der Waals surface area contributed by atoms with Crippen molar-refractivity contribution in [2.45, 2.75) is 44.1 Å². The van der Waals surface area contributed by atoms with E-state index < -0.39 is 0 Å². The number of carbonyl (C=O) groups excluding carboxylic acids is 1. The zero-order chi connectivity index (χ0) is 17.4. The molecule has 132 valence electrons. The van der Waals surface area contributed by atoms with Gasteiger partial charge in [-0.15, -0.1) is 10.2 Å². The van der Waals surface area contributed by atoms with E-state index in [2.05, 4.69) is 15.5 Å². The van der Waals surface area contributed by atoms with Gasteiger partial charge in [0.05, 0.1) is 11.5 Å². The van der Waals surface area contributed by atoms with Gasteiger partial charge in [-0.25, -0.2) is 0 Å². The predicted molar refractivity (Wildman–Crippen MR) is 92.8 cm³/mol. The fourth-order valence-corrected chi connectivity index (χ4v) is 3.07. The number of furan rings is 1. The summed E-state index contributed by atoms with van der Waals surface area (Å²) < 4.78 is 12.6. The van der Waals surface area contributed by atoms with Crippen LogP contribution < -0.4 is 5.32 Å². The number of hydrogen-bond donors (Lipinski definition) is 1. The molecule has 0 radical (unpaired) electrons. The van der Waals surface area contributed by atoms with Crippen LogP contribution in [0.4, 0.5) is 0 Å². The van der Waals surface area contributed by atoms with Gasteiger partial charge in [-0.3, -0.25) is 9.36 Å². The molecule has 0 aliphatic carbocycles. The number of aromatic nitrogens is 3. The summed E-state index contributed by atoms with van der Waals surface area (Å²) in [7, 11) is 0. The molecule has 0 saturated heterocycles. The monoisotopic (exact) mass is 352 g/mol. The summed E-state index contributed by atoms with van der Waals surface area (Å²) in [5.74, 6) is 1.33. The molecule has 0 fully saturated rings. The number of carbonyl (C=O) groups is 1. The molecule has 2 aromatic heterocycles. The second-order valence-electron chi connectivity index (χ2n) is 5.13. The van der Waals surface area contributed by atoms with Crippen LogP contribution in [0.2, 0.25) is 0 Å². The Morgan fingerprint density at radius 1 is 1.46 bits per heavy atom. The van der Waals surface area contributed by atoms with Gasteiger partial charge < -0.3 is 14.5 Å². The molecule has 0 aliphatic rings. The molecule has 1 N–H and O–H groups in total. The minimum absolute atomic E-state index is 0.0123. The summed E-state index contributed by atoms with van der Waals surface area (Å²) in [6, 6.07) is 3.66. The number of nitrogens with one attached hydrogen (secondary N) is 1. The number of nitrogens with zero attached hydrogens (tertiary/aromatic N) is 3. The van der Waals surface area contributed by atoms with Crippen LogP contribution in [0.5, 0.6) is 0 Å².